The molecule has 0 bridgehead atoms. The first kappa shape index (κ1) is 11.7. The zero-order chi connectivity index (χ0) is 12.4. The minimum Gasteiger partial charge on any atom is -0.441 e. The van der Waals surface area contributed by atoms with Gasteiger partial charge in [0.2, 0.25) is 0 Å². The number of oxazole rings is 1. The Kier molecular flexibility index (Phi) is 3.33. The van der Waals surface area contributed by atoms with Crippen molar-refractivity contribution >= 4 is 11.1 Å². The molecule has 0 unspecified atom stereocenters. The van der Waals surface area contributed by atoms with Crippen LogP contribution in [0, 0.1) is 5.92 Å². The van der Waals surface area contributed by atoms with Crippen LogP contribution in [-0.2, 0) is 13.0 Å². The summed E-state index contributed by atoms with van der Waals surface area (Å²) < 4.78 is 5.82. The Morgan fingerprint density at radius 3 is 2.83 bits per heavy atom. The molecule has 1 fully saturated rings. The van der Waals surface area contributed by atoms with Gasteiger partial charge in [0.05, 0.1) is 0 Å². The fraction of sp³-hybridized carbons (Fsp3) is 0.533. The fourth-order valence-corrected chi connectivity index (χ4v) is 2.87. The van der Waals surface area contributed by atoms with Crippen molar-refractivity contribution in [2.24, 2.45) is 11.7 Å². The summed E-state index contributed by atoms with van der Waals surface area (Å²) in [6, 6.07) is 6.02. The maximum atomic E-state index is 5.82. The molecule has 3 rings (SSSR count). The van der Waals surface area contributed by atoms with Crippen molar-refractivity contribution in [2.45, 2.75) is 45.1 Å². The molecule has 0 atom stereocenters. The number of nitrogens with zero attached hydrogens (tertiary/aromatic N) is 1. The molecule has 1 saturated carbocycles. The normalized spacial score (nSPS) is 17.4. The van der Waals surface area contributed by atoms with Crippen molar-refractivity contribution in [3.8, 4) is 0 Å². The van der Waals surface area contributed by atoms with Crippen LogP contribution in [0.25, 0.3) is 11.1 Å². The second kappa shape index (κ2) is 5.11. The van der Waals surface area contributed by atoms with Crippen molar-refractivity contribution in [3.63, 3.8) is 0 Å². The SMILES string of the molecule is NCc1ccc2oc(CC3CCCCC3)nc2c1. The van der Waals surface area contributed by atoms with Gasteiger partial charge in [-0.05, 0) is 36.5 Å². The number of benzene rings is 1. The van der Waals surface area contributed by atoms with Crippen molar-refractivity contribution in [3.05, 3.63) is 29.7 Å². The fourth-order valence-electron chi connectivity index (χ4n) is 2.87. The van der Waals surface area contributed by atoms with Crippen molar-refractivity contribution in [1.82, 2.24) is 4.98 Å². The molecule has 18 heavy (non-hydrogen) atoms. The Hall–Kier alpha value is -1.35. The standard InChI is InChI=1S/C15H20N2O/c16-10-12-6-7-14-13(8-12)17-15(18-14)9-11-4-2-1-3-5-11/h6-8,11H,1-5,9-10,16H2. The number of hydrogen-bond donors (Lipinski definition) is 1. The van der Waals surface area contributed by atoms with Gasteiger partial charge in [0.15, 0.2) is 11.5 Å². The molecular formula is C15H20N2O. The number of rotatable bonds is 3. The lowest BCUT2D eigenvalue weighted by molar-refractivity contribution is 0.332. The van der Waals surface area contributed by atoms with Gasteiger partial charge in [-0.2, -0.15) is 0 Å². The Balaban J connectivity index is 1.79. The lowest BCUT2D eigenvalue weighted by Gasteiger charge is -2.19. The van der Waals surface area contributed by atoms with E-state index in [0.717, 1.165) is 34.9 Å². The van der Waals surface area contributed by atoms with E-state index in [9.17, 15) is 0 Å². The van der Waals surface area contributed by atoms with E-state index in [-0.39, 0.29) is 0 Å². The first-order valence-corrected chi connectivity index (χ1v) is 6.93. The molecule has 2 aromatic rings. The van der Waals surface area contributed by atoms with Crippen molar-refractivity contribution in [2.75, 3.05) is 0 Å². The molecule has 0 amide bonds. The third kappa shape index (κ3) is 2.41. The molecule has 0 aliphatic heterocycles. The molecule has 0 radical (unpaired) electrons. The molecule has 0 spiro atoms. The summed E-state index contributed by atoms with van der Waals surface area (Å²) in [5.41, 5.74) is 8.58. The van der Waals surface area contributed by atoms with E-state index in [2.05, 4.69) is 4.98 Å². The highest BCUT2D eigenvalue weighted by molar-refractivity contribution is 5.73. The second-order valence-corrected chi connectivity index (χ2v) is 5.32. The van der Waals surface area contributed by atoms with E-state index in [1.165, 1.54) is 32.1 Å². The highest BCUT2D eigenvalue weighted by Crippen LogP contribution is 2.28. The van der Waals surface area contributed by atoms with Gasteiger partial charge < -0.3 is 10.2 Å². The van der Waals surface area contributed by atoms with Gasteiger partial charge in [-0.25, -0.2) is 4.98 Å². The average Bonchev–Trinajstić information content (AvgIpc) is 2.80. The minimum absolute atomic E-state index is 0.556. The third-order valence-electron chi connectivity index (χ3n) is 3.92. The van der Waals surface area contributed by atoms with E-state index in [0.29, 0.717) is 6.54 Å². The van der Waals surface area contributed by atoms with Gasteiger partial charge in [0, 0.05) is 13.0 Å². The molecule has 1 heterocycles. The maximum Gasteiger partial charge on any atom is 0.195 e. The molecular weight excluding hydrogens is 224 g/mol. The molecule has 0 saturated heterocycles. The molecule has 3 nitrogen and oxygen atoms in total. The first-order valence-electron chi connectivity index (χ1n) is 6.93. The molecule has 1 aliphatic rings. The molecule has 2 N–H and O–H groups in total. The van der Waals surface area contributed by atoms with Crippen LogP contribution in [0.2, 0.25) is 0 Å². The number of nitrogens with two attached hydrogens (primary N) is 1. The van der Waals surface area contributed by atoms with E-state index >= 15 is 0 Å². The van der Waals surface area contributed by atoms with Crippen LogP contribution in [0.5, 0.6) is 0 Å². The molecule has 3 heteroatoms. The van der Waals surface area contributed by atoms with Crippen LogP contribution in [0.15, 0.2) is 22.6 Å². The topological polar surface area (TPSA) is 52.0 Å². The van der Waals surface area contributed by atoms with E-state index in [1.54, 1.807) is 0 Å². The summed E-state index contributed by atoms with van der Waals surface area (Å²) in [5.74, 6) is 1.66. The predicted molar refractivity (Wildman–Crippen MR) is 72.2 cm³/mol. The predicted octanol–water partition coefficient (Wildman–Crippen LogP) is 3.41. The van der Waals surface area contributed by atoms with Gasteiger partial charge in [-0.3, -0.25) is 0 Å². The van der Waals surface area contributed by atoms with Crippen LogP contribution < -0.4 is 5.73 Å². The maximum absolute atomic E-state index is 5.82. The summed E-state index contributed by atoms with van der Waals surface area (Å²) in [4.78, 5) is 4.59. The lowest BCUT2D eigenvalue weighted by Crippen LogP contribution is -2.09. The van der Waals surface area contributed by atoms with Crippen LogP contribution in [-0.4, -0.2) is 4.98 Å². The Bertz CT molecular complexity index is 526. The van der Waals surface area contributed by atoms with Gasteiger partial charge >= 0.3 is 0 Å². The van der Waals surface area contributed by atoms with Crippen LogP contribution in [0.1, 0.15) is 43.6 Å². The number of fused-ring (bicyclic) bond motifs is 1. The molecule has 1 aromatic carbocycles. The monoisotopic (exact) mass is 244 g/mol. The summed E-state index contributed by atoms with van der Waals surface area (Å²) in [5, 5.41) is 0. The van der Waals surface area contributed by atoms with Gasteiger partial charge in [0.1, 0.15) is 5.52 Å². The summed E-state index contributed by atoms with van der Waals surface area (Å²) in [7, 11) is 0. The van der Waals surface area contributed by atoms with Gasteiger partial charge in [-0.1, -0.05) is 25.3 Å². The summed E-state index contributed by atoms with van der Waals surface area (Å²) >= 11 is 0. The van der Waals surface area contributed by atoms with E-state index in [4.69, 9.17) is 10.2 Å². The summed E-state index contributed by atoms with van der Waals surface area (Å²) in [6.45, 7) is 0.556. The smallest absolute Gasteiger partial charge is 0.195 e. The van der Waals surface area contributed by atoms with E-state index in [1.807, 2.05) is 18.2 Å². The third-order valence-corrected chi connectivity index (χ3v) is 3.92. The zero-order valence-electron chi connectivity index (χ0n) is 10.7. The minimum atomic E-state index is 0.556. The highest BCUT2D eigenvalue weighted by Gasteiger charge is 2.17. The van der Waals surface area contributed by atoms with Crippen LogP contribution in [0.4, 0.5) is 0 Å². The van der Waals surface area contributed by atoms with Gasteiger partial charge in [0.25, 0.3) is 0 Å². The average molecular weight is 244 g/mol. The summed E-state index contributed by atoms with van der Waals surface area (Å²) in [6.07, 6.45) is 7.76. The molecule has 96 valence electrons. The largest absolute Gasteiger partial charge is 0.441 e. The van der Waals surface area contributed by atoms with Gasteiger partial charge in [-0.15, -0.1) is 0 Å². The number of hydrogen-bond acceptors (Lipinski definition) is 3. The van der Waals surface area contributed by atoms with Crippen LogP contribution >= 0.6 is 0 Å². The second-order valence-electron chi connectivity index (χ2n) is 5.32. The Morgan fingerprint density at radius 1 is 1.22 bits per heavy atom. The van der Waals surface area contributed by atoms with Crippen molar-refractivity contribution in [1.29, 1.82) is 0 Å². The first-order chi connectivity index (χ1) is 8.85. The number of aromatic nitrogens is 1. The quantitative estimate of drug-likeness (QED) is 0.900. The highest BCUT2D eigenvalue weighted by atomic mass is 16.3. The lowest BCUT2D eigenvalue weighted by atomic mass is 9.87. The zero-order valence-corrected chi connectivity index (χ0v) is 10.7. The van der Waals surface area contributed by atoms with E-state index < -0.39 is 0 Å². The van der Waals surface area contributed by atoms with Crippen LogP contribution in [0.3, 0.4) is 0 Å². The Morgan fingerprint density at radius 2 is 2.06 bits per heavy atom. The molecule has 1 aliphatic carbocycles. The Labute approximate surface area is 107 Å². The van der Waals surface area contributed by atoms with Crippen molar-refractivity contribution < 1.29 is 4.42 Å². The molecule has 1 aromatic heterocycles.